The van der Waals surface area contributed by atoms with E-state index >= 15 is 0 Å². The number of alkyl halides is 1. The number of likely N-dealkylation sites (tertiary alicyclic amines) is 1. The lowest BCUT2D eigenvalue weighted by Gasteiger charge is -2.35. The molecule has 0 spiro atoms. The van der Waals surface area contributed by atoms with Crippen molar-refractivity contribution in [2.75, 3.05) is 18.4 Å². The number of halogens is 3. The fourth-order valence-electron chi connectivity index (χ4n) is 3.43. The van der Waals surface area contributed by atoms with E-state index in [1.165, 1.54) is 4.90 Å². The second-order valence-electron chi connectivity index (χ2n) is 8.59. The smallest absolute Gasteiger partial charge is 0.410 e. The minimum Gasteiger partial charge on any atom is -0.444 e. The van der Waals surface area contributed by atoms with Crippen LogP contribution in [0.2, 0.25) is 5.02 Å². The molecule has 1 saturated heterocycles. The van der Waals surface area contributed by atoms with Gasteiger partial charge in [-0.3, -0.25) is 0 Å². The molecular weight excluding hydrogens is 550 g/mol. The Morgan fingerprint density at radius 2 is 2.03 bits per heavy atom. The Bertz CT molecular complexity index is 1130. The van der Waals surface area contributed by atoms with Gasteiger partial charge in [0.25, 0.3) is 0 Å². The zero-order chi connectivity index (χ0) is 23.0. The van der Waals surface area contributed by atoms with Gasteiger partial charge in [0, 0.05) is 17.1 Å². The average Bonchev–Trinajstić information content (AvgIpc) is 3.05. The summed E-state index contributed by atoms with van der Waals surface area (Å²) < 4.78 is 22.7. The molecule has 2 aromatic heterocycles. The van der Waals surface area contributed by atoms with Crippen LogP contribution >= 0.6 is 34.2 Å². The van der Waals surface area contributed by atoms with Crippen molar-refractivity contribution in [2.24, 2.45) is 0 Å². The van der Waals surface area contributed by atoms with E-state index in [2.05, 4.69) is 43.0 Å². The predicted octanol–water partition coefficient (Wildman–Crippen LogP) is 4.81. The van der Waals surface area contributed by atoms with Gasteiger partial charge in [-0.25, -0.2) is 23.7 Å². The van der Waals surface area contributed by atoms with Crippen LogP contribution in [0.15, 0.2) is 30.5 Å². The summed E-state index contributed by atoms with van der Waals surface area (Å²) in [5.41, 5.74) is 0.981. The third-order valence-electron chi connectivity index (χ3n) is 4.96. The molecule has 1 amide bonds. The second kappa shape index (κ2) is 8.97. The van der Waals surface area contributed by atoms with Crippen LogP contribution in [0.1, 0.15) is 27.2 Å². The molecule has 0 bridgehead atoms. The lowest BCUT2D eigenvalue weighted by Crippen LogP contribution is -2.51. The van der Waals surface area contributed by atoms with Gasteiger partial charge < -0.3 is 15.0 Å². The molecule has 4 rings (SSSR count). The Kier molecular flexibility index (Phi) is 6.44. The number of anilines is 1. The van der Waals surface area contributed by atoms with Crippen molar-refractivity contribution < 1.29 is 13.9 Å². The predicted molar refractivity (Wildman–Crippen MR) is 129 cm³/mol. The Labute approximate surface area is 203 Å². The van der Waals surface area contributed by atoms with Crippen molar-refractivity contribution in [3.05, 3.63) is 39.2 Å². The fourth-order valence-corrected chi connectivity index (χ4v) is 4.15. The number of fused-ring (bicyclic) bond motifs is 1. The molecule has 3 heterocycles. The molecule has 170 valence electrons. The normalized spacial score (nSPS) is 19.2. The first-order valence-corrected chi connectivity index (χ1v) is 11.6. The van der Waals surface area contributed by atoms with E-state index < -0.39 is 23.9 Å². The molecule has 1 N–H and O–H groups in total. The van der Waals surface area contributed by atoms with Crippen molar-refractivity contribution in [1.82, 2.24) is 24.5 Å². The molecule has 2 atom stereocenters. The number of ether oxygens (including phenoxy) is 1. The molecule has 0 saturated carbocycles. The van der Waals surface area contributed by atoms with Crippen LogP contribution in [0.4, 0.5) is 15.1 Å². The molecule has 1 fully saturated rings. The summed E-state index contributed by atoms with van der Waals surface area (Å²) in [6.45, 7) is 5.70. The third-order valence-corrected chi connectivity index (χ3v) is 6.00. The summed E-state index contributed by atoms with van der Waals surface area (Å²) in [5.74, 6) is 0.933. The number of carbonyl (C=O) groups excluding carboxylic acids is 1. The van der Waals surface area contributed by atoms with Gasteiger partial charge in [0.2, 0.25) is 5.95 Å². The molecule has 32 heavy (non-hydrogen) atoms. The molecule has 1 aliphatic rings. The maximum atomic E-state index is 14.9. The monoisotopic (exact) mass is 572 g/mol. The van der Waals surface area contributed by atoms with Crippen LogP contribution in [0.5, 0.6) is 0 Å². The van der Waals surface area contributed by atoms with E-state index in [0.29, 0.717) is 29.8 Å². The van der Waals surface area contributed by atoms with Gasteiger partial charge >= 0.3 is 6.09 Å². The molecule has 0 radical (unpaired) electrons. The van der Waals surface area contributed by atoms with Gasteiger partial charge in [0.1, 0.15) is 21.0 Å². The summed E-state index contributed by atoms with van der Waals surface area (Å²) >= 11 is 8.13. The van der Waals surface area contributed by atoms with Gasteiger partial charge in [-0.2, -0.15) is 0 Å². The molecule has 1 aromatic carbocycles. The maximum Gasteiger partial charge on any atom is 0.410 e. The number of amides is 1. The summed E-state index contributed by atoms with van der Waals surface area (Å²) in [7, 11) is 0. The van der Waals surface area contributed by atoms with E-state index in [-0.39, 0.29) is 6.54 Å². The van der Waals surface area contributed by atoms with Crippen LogP contribution < -0.4 is 5.32 Å². The molecule has 11 heteroatoms. The number of piperidine rings is 1. The lowest BCUT2D eigenvalue weighted by molar-refractivity contribution is 0.0125. The highest BCUT2D eigenvalue weighted by Gasteiger charge is 2.34. The molecule has 3 aromatic rings. The topological polar surface area (TPSA) is 84.6 Å². The summed E-state index contributed by atoms with van der Waals surface area (Å²) in [5, 5.41) is 8.26. The van der Waals surface area contributed by atoms with E-state index in [4.69, 9.17) is 16.3 Å². The van der Waals surface area contributed by atoms with Crippen LogP contribution in [-0.4, -0.2) is 61.5 Å². The summed E-state index contributed by atoms with van der Waals surface area (Å²) in [6.07, 6.45) is 0.283. The van der Waals surface area contributed by atoms with Crippen molar-refractivity contribution in [1.29, 1.82) is 0 Å². The molecule has 0 unspecified atom stereocenters. The first-order chi connectivity index (χ1) is 15.1. The Hall–Kier alpha value is -2.21. The lowest BCUT2D eigenvalue weighted by atomic mass is 10.0. The SMILES string of the molecule is CC(C)(C)OC(=O)N1CC[C@@H](Nc2ncc3c(I)nc(-c4ccc(Cl)cc4)n3n2)[C@H](F)C1. The van der Waals surface area contributed by atoms with Gasteiger partial charge in [-0.05, 0) is 74.0 Å². The van der Waals surface area contributed by atoms with Crippen LogP contribution in [0, 0.1) is 3.70 Å². The number of aromatic nitrogens is 4. The number of nitrogens with one attached hydrogen (secondary N) is 1. The number of benzene rings is 1. The number of carbonyl (C=O) groups is 1. The Morgan fingerprint density at radius 3 is 2.69 bits per heavy atom. The highest BCUT2D eigenvalue weighted by Crippen LogP contribution is 2.25. The van der Waals surface area contributed by atoms with E-state index in [1.54, 1.807) is 43.6 Å². The number of nitrogens with zero attached hydrogens (tertiary/aromatic N) is 5. The van der Waals surface area contributed by atoms with Gasteiger partial charge in [0.05, 0.1) is 18.8 Å². The first kappa shape index (κ1) is 23.0. The molecular formula is C21H23ClFIN6O2. The number of hydrogen-bond donors (Lipinski definition) is 1. The minimum atomic E-state index is -1.28. The first-order valence-electron chi connectivity index (χ1n) is 10.2. The number of rotatable bonds is 3. The van der Waals surface area contributed by atoms with Crippen LogP contribution in [0.25, 0.3) is 16.9 Å². The highest BCUT2D eigenvalue weighted by atomic mass is 127. The van der Waals surface area contributed by atoms with Crippen molar-refractivity contribution in [2.45, 2.75) is 45.0 Å². The van der Waals surface area contributed by atoms with Gasteiger partial charge in [0.15, 0.2) is 5.82 Å². The Balaban J connectivity index is 1.51. The van der Waals surface area contributed by atoms with E-state index in [9.17, 15) is 9.18 Å². The largest absolute Gasteiger partial charge is 0.444 e. The standard InChI is InChI=1S/C21H23ClFIN6O2/c1-21(2,3)32-20(31)29-9-8-15(14(23)11-29)26-19-25-10-16-17(24)27-18(30(16)28-19)12-4-6-13(22)7-5-12/h4-7,10,14-15H,8-9,11H2,1-3H3,(H,26,28)/t14-,15-/m1/s1. The Morgan fingerprint density at radius 1 is 1.31 bits per heavy atom. The van der Waals surface area contributed by atoms with Crippen LogP contribution in [-0.2, 0) is 4.74 Å². The number of hydrogen-bond acceptors (Lipinski definition) is 6. The van der Waals surface area contributed by atoms with Crippen molar-refractivity contribution in [3.63, 3.8) is 0 Å². The van der Waals surface area contributed by atoms with E-state index in [1.807, 2.05) is 12.1 Å². The summed E-state index contributed by atoms with van der Waals surface area (Å²) in [4.78, 5) is 22.6. The third kappa shape index (κ3) is 5.06. The molecule has 1 aliphatic heterocycles. The maximum absolute atomic E-state index is 14.9. The quantitative estimate of drug-likeness (QED) is 0.454. The molecule has 0 aliphatic carbocycles. The van der Waals surface area contributed by atoms with E-state index in [0.717, 1.165) is 14.8 Å². The van der Waals surface area contributed by atoms with Crippen LogP contribution in [0.3, 0.4) is 0 Å². The second-order valence-corrected chi connectivity index (χ2v) is 10.1. The zero-order valence-corrected chi connectivity index (χ0v) is 20.8. The van der Waals surface area contributed by atoms with Gasteiger partial charge in [-0.15, -0.1) is 5.10 Å². The zero-order valence-electron chi connectivity index (χ0n) is 17.8. The fraction of sp³-hybridized carbons (Fsp3) is 0.429. The minimum absolute atomic E-state index is 0.0478. The van der Waals surface area contributed by atoms with Crippen molar-refractivity contribution >= 4 is 51.8 Å². The van der Waals surface area contributed by atoms with Crippen molar-refractivity contribution in [3.8, 4) is 11.4 Å². The highest BCUT2D eigenvalue weighted by molar-refractivity contribution is 14.1. The number of imidazole rings is 1. The summed E-state index contributed by atoms with van der Waals surface area (Å²) in [6, 6.07) is 6.79. The molecule has 8 nitrogen and oxygen atoms in total. The average molecular weight is 573 g/mol. The van der Waals surface area contributed by atoms with Gasteiger partial charge in [-0.1, -0.05) is 11.6 Å².